The first-order valence-corrected chi connectivity index (χ1v) is 9.14. The Labute approximate surface area is 170 Å². The van der Waals surface area contributed by atoms with E-state index >= 15 is 0 Å². The minimum atomic E-state index is 0. The number of aliphatic imine (C=N–C) groups is 1. The second-order valence-electron chi connectivity index (χ2n) is 5.73. The molecule has 0 spiro atoms. The van der Waals surface area contributed by atoms with Gasteiger partial charge < -0.3 is 15.2 Å². The molecule has 2 rings (SSSR count). The summed E-state index contributed by atoms with van der Waals surface area (Å²) in [7, 11) is 1.77. The van der Waals surface area contributed by atoms with Crippen LogP contribution in [0.4, 0.5) is 0 Å². The van der Waals surface area contributed by atoms with Crippen LogP contribution in [-0.4, -0.2) is 34.7 Å². The number of guanidine groups is 1. The summed E-state index contributed by atoms with van der Waals surface area (Å²) in [5.74, 6) is 2.53. The van der Waals surface area contributed by atoms with E-state index in [1.165, 1.54) is 4.88 Å². The lowest BCUT2D eigenvalue weighted by Gasteiger charge is -2.10. The van der Waals surface area contributed by atoms with Crippen LogP contribution in [0.25, 0.3) is 0 Å². The molecule has 0 aliphatic carbocycles. The zero-order valence-corrected chi connectivity index (χ0v) is 18.4. The van der Waals surface area contributed by atoms with Gasteiger partial charge in [-0.2, -0.15) is 4.98 Å². The molecule has 2 aromatic rings. The molecule has 0 amide bonds. The lowest BCUT2D eigenvalue weighted by Crippen LogP contribution is -2.37. The van der Waals surface area contributed by atoms with E-state index in [1.807, 2.05) is 6.20 Å². The zero-order valence-electron chi connectivity index (χ0n) is 15.2. The van der Waals surface area contributed by atoms with Gasteiger partial charge in [-0.3, -0.25) is 4.99 Å². The smallest absolute Gasteiger partial charge is 0.226 e. The number of thiazole rings is 1. The van der Waals surface area contributed by atoms with E-state index in [0.717, 1.165) is 42.6 Å². The van der Waals surface area contributed by atoms with Crippen LogP contribution in [0.2, 0.25) is 0 Å². The number of halogens is 1. The molecule has 0 saturated carbocycles. The third kappa shape index (κ3) is 7.27. The monoisotopic (exact) mass is 478 g/mol. The van der Waals surface area contributed by atoms with E-state index in [9.17, 15) is 0 Å². The third-order valence-corrected chi connectivity index (χ3v) is 4.58. The highest BCUT2D eigenvalue weighted by molar-refractivity contribution is 14.0. The molecule has 25 heavy (non-hydrogen) atoms. The summed E-state index contributed by atoms with van der Waals surface area (Å²) in [5, 5.41) is 11.6. The predicted octanol–water partition coefficient (Wildman–Crippen LogP) is 3.13. The number of aromatic nitrogens is 3. The molecule has 0 bridgehead atoms. The van der Waals surface area contributed by atoms with Crippen molar-refractivity contribution >= 4 is 41.3 Å². The van der Waals surface area contributed by atoms with Gasteiger partial charge in [-0.15, -0.1) is 35.3 Å². The maximum Gasteiger partial charge on any atom is 0.226 e. The molecular formula is C16H27IN6OS. The highest BCUT2D eigenvalue weighted by atomic mass is 127. The van der Waals surface area contributed by atoms with Crippen LogP contribution in [0.15, 0.2) is 15.7 Å². The topological polar surface area (TPSA) is 88.2 Å². The highest BCUT2D eigenvalue weighted by Crippen LogP contribution is 2.13. The van der Waals surface area contributed by atoms with Gasteiger partial charge in [0.25, 0.3) is 0 Å². The molecule has 0 aromatic carbocycles. The molecule has 0 radical (unpaired) electrons. The first-order valence-electron chi connectivity index (χ1n) is 8.33. The van der Waals surface area contributed by atoms with Gasteiger partial charge in [0.05, 0.1) is 6.54 Å². The molecule has 140 valence electrons. The van der Waals surface area contributed by atoms with Crippen molar-refractivity contribution in [3.05, 3.63) is 27.8 Å². The standard InChI is InChI=1S/C16H26N6OS.HI/c1-5-12-9-19-14(24-12)10-20-16(17-4)18-8-6-7-13-21-15(11(2)3)22-23-13;/h9,11H,5-8,10H2,1-4H3,(H2,17,18,20);1H. The fourth-order valence-electron chi connectivity index (χ4n) is 2.02. The summed E-state index contributed by atoms with van der Waals surface area (Å²) in [4.78, 5) is 14.3. The fourth-order valence-corrected chi connectivity index (χ4v) is 2.83. The Morgan fingerprint density at radius 1 is 1.36 bits per heavy atom. The maximum atomic E-state index is 5.24. The Hall–Kier alpha value is -1.23. The van der Waals surface area contributed by atoms with Crippen molar-refractivity contribution in [3.63, 3.8) is 0 Å². The number of aryl methyl sites for hydroxylation is 2. The lowest BCUT2D eigenvalue weighted by molar-refractivity contribution is 0.368. The lowest BCUT2D eigenvalue weighted by atomic mass is 10.2. The molecule has 9 heteroatoms. The normalized spacial score (nSPS) is 11.5. The van der Waals surface area contributed by atoms with Gasteiger partial charge >= 0.3 is 0 Å². The molecule has 0 aliphatic heterocycles. The highest BCUT2D eigenvalue weighted by Gasteiger charge is 2.09. The molecule has 0 saturated heterocycles. The van der Waals surface area contributed by atoms with Crippen LogP contribution in [0.5, 0.6) is 0 Å². The van der Waals surface area contributed by atoms with Crippen molar-refractivity contribution in [1.82, 2.24) is 25.8 Å². The Morgan fingerprint density at radius 3 is 2.76 bits per heavy atom. The van der Waals surface area contributed by atoms with Crippen LogP contribution >= 0.6 is 35.3 Å². The van der Waals surface area contributed by atoms with Crippen molar-refractivity contribution in [3.8, 4) is 0 Å². The molecule has 2 heterocycles. The fraction of sp³-hybridized carbons (Fsp3) is 0.625. The molecule has 0 unspecified atom stereocenters. The molecule has 2 N–H and O–H groups in total. The number of hydrogen-bond acceptors (Lipinski definition) is 6. The second-order valence-corrected chi connectivity index (χ2v) is 6.93. The van der Waals surface area contributed by atoms with Crippen molar-refractivity contribution in [2.75, 3.05) is 13.6 Å². The second kappa shape index (κ2) is 11.4. The van der Waals surface area contributed by atoms with Crippen molar-refractivity contribution in [1.29, 1.82) is 0 Å². The molecular weight excluding hydrogens is 451 g/mol. The van der Waals surface area contributed by atoms with Crippen molar-refractivity contribution < 1.29 is 4.52 Å². The average Bonchev–Trinajstić information content (AvgIpc) is 3.23. The van der Waals surface area contributed by atoms with Crippen molar-refractivity contribution in [2.24, 2.45) is 4.99 Å². The summed E-state index contributed by atoms with van der Waals surface area (Å²) >= 11 is 1.73. The van der Waals surface area contributed by atoms with Crippen LogP contribution in [0.1, 0.15) is 54.7 Å². The van der Waals surface area contributed by atoms with Gasteiger partial charge in [-0.25, -0.2) is 4.98 Å². The van der Waals surface area contributed by atoms with Gasteiger partial charge in [0.15, 0.2) is 11.8 Å². The molecule has 0 atom stereocenters. The Bertz CT molecular complexity index is 655. The van der Waals surface area contributed by atoms with Gasteiger partial charge in [0, 0.05) is 37.0 Å². The maximum absolute atomic E-state index is 5.24. The predicted molar refractivity (Wildman–Crippen MR) is 112 cm³/mol. The first kappa shape index (κ1) is 21.8. The van der Waals surface area contributed by atoms with Crippen LogP contribution in [0, 0.1) is 0 Å². The Balaban J connectivity index is 0.00000312. The molecule has 0 fully saturated rings. The van der Waals surface area contributed by atoms with Crippen LogP contribution in [0.3, 0.4) is 0 Å². The average molecular weight is 478 g/mol. The quantitative estimate of drug-likeness (QED) is 0.262. The minimum absolute atomic E-state index is 0. The number of hydrogen-bond donors (Lipinski definition) is 2. The summed E-state index contributed by atoms with van der Waals surface area (Å²) in [6.45, 7) is 7.72. The number of rotatable bonds is 8. The van der Waals surface area contributed by atoms with Gasteiger partial charge in [0.2, 0.25) is 5.89 Å². The molecule has 0 aliphatic rings. The summed E-state index contributed by atoms with van der Waals surface area (Å²) in [6, 6.07) is 0. The SMILES string of the molecule is CCc1cnc(CNC(=NC)NCCCc2nc(C(C)C)no2)s1.I. The van der Waals surface area contributed by atoms with Gasteiger partial charge in [0.1, 0.15) is 5.01 Å². The summed E-state index contributed by atoms with van der Waals surface area (Å²) in [5.41, 5.74) is 0. The molecule has 2 aromatic heterocycles. The molecule has 7 nitrogen and oxygen atoms in total. The Kier molecular flexibility index (Phi) is 9.94. The van der Waals surface area contributed by atoms with E-state index in [2.05, 4.69) is 51.5 Å². The first-order chi connectivity index (χ1) is 11.6. The number of nitrogens with one attached hydrogen (secondary N) is 2. The summed E-state index contributed by atoms with van der Waals surface area (Å²) in [6.07, 6.45) is 4.63. The zero-order chi connectivity index (χ0) is 17.4. The van der Waals surface area contributed by atoms with E-state index in [4.69, 9.17) is 4.52 Å². The Morgan fingerprint density at radius 2 is 2.16 bits per heavy atom. The van der Waals surface area contributed by atoms with Gasteiger partial charge in [-0.1, -0.05) is 25.9 Å². The van der Waals surface area contributed by atoms with E-state index in [1.54, 1.807) is 18.4 Å². The third-order valence-electron chi connectivity index (χ3n) is 3.44. The van der Waals surface area contributed by atoms with Crippen LogP contribution < -0.4 is 10.6 Å². The minimum Gasteiger partial charge on any atom is -0.356 e. The van der Waals surface area contributed by atoms with E-state index < -0.39 is 0 Å². The summed E-state index contributed by atoms with van der Waals surface area (Å²) < 4.78 is 5.24. The van der Waals surface area contributed by atoms with E-state index in [-0.39, 0.29) is 24.0 Å². The van der Waals surface area contributed by atoms with Crippen molar-refractivity contribution in [2.45, 2.75) is 52.5 Å². The van der Waals surface area contributed by atoms with E-state index in [0.29, 0.717) is 18.4 Å². The van der Waals surface area contributed by atoms with Crippen LogP contribution in [-0.2, 0) is 19.4 Å². The largest absolute Gasteiger partial charge is 0.356 e. The van der Waals surface area contributed by atoms with Gasteiger partial charge in [-0.05, 0) is 12.8 Å². The number of nitrogens with zero attached hydrogens (tertiary/aromatic N) is 4.